The number of hydrogen-bond acceptors (Lipinski definition) is 3. The molecule has 0 bridgehead atoms. The Morgan fingerprint density at radius 2 is 2.20 bits per heavy atom. The first kappa shape index (κ1) is 15.3. The molecule has 4 nitrogen and oxygen atoms in total. The summed E-state index contributed by atoms with van der Waals surface area (Å²) in [6.45, 7) is 6.00. The molecule has 2 heterocycles. The third-order valence-corrected chi connectivity index (χ3v) is 3.26. The highest BCUT2D eigenvalue weighted by molar-refractivity contribution is 4.99. The van der Waals surface area contributed by atoms with Crippen molar-refractivity contribution < 1.29 is 17.9 Å². The number of alkyl halides is 3. The summed E-state index contributed by atoms with van der Waals surface area (Å²) in [5, 5.41) is 0. The minimum atomic E-state index is -4.29. The molecular weight excluding hydrogens is 271 g/mol. The molecule has 114 valence electrons. The Bertz CT molecular complexity index is 431. The Morgan fingerprint density at radius 3 is 2.85 bits per heavy atom. The number of aromatic nitrogens is 2. The largest absolute Gasteiger partial charge is 0.415 e. The van der Waals surface area contributed by atoms with Crippen molar-refractivity contribution in [2.75, 3.05) is 19.7 Å². The first-order chi connectivity index (χ1) is 9.36. The van der Waals surface area contributed by atoms with E-state index in [1.807, 2.05) is 4.57 Å². The van der Waals surface area contributed by atoms with E-state index in [1.165, 1.54) is 0 Å². The summed E-state index contributed by atoms with van der Waals surface area (Å²) in [4.78, 5) is 5.86. The highest BCUT2D eigenvalue weighted by atomic mass is 19.4. The number of imidazole rings is 1. The van der Waals surface area contributed by atoms with Gasteiger partial charge in [0.15, 0.2) is 6.10 Å². The third-order valence-electron chi connectivity index (χ3n) is 3.26. The van der Waals surface area contributed by atoms with Crippen molar-refractivity contribution in [1.82, 2.24) is 14.5 Å². The molecule has 1 aliphatic rings. The SMILES string of the molecule is CC(C)Cn1cncc1CN1CCO[C@H](C(F)(F)F)C1. The lowest BCUT2D eigenvalue weighted by molar-refractivity contribution is -0.237. The summed E-state index contributed by atoms with van der Waals surface area (Å²) >= 11 is 0. The van der Waals surface area contributed by atoms with E-state index < -0.39 is 12.3 Å². The molecule has 20 heavy (non-hydrogen) atoms. The van der Waals surface area contributed by atoms with Crippen molar-refractivity contribution in [3.05, 3.63) is 18.2 Å². The maximum absolute atomic E-state index is 12.7. The van der Waals surface area contributed by atoms with E-state index in [0.717, 1.165) is 12.2 Å². The number of hydrogen-bond donors (Lipinski definition) is 0. The van der Waals surface area contributed by atoms with E-state index in [4.69, 9.17) is 4.74 Å². The molecule has 0 aromatic carbocycles. The van der Waals surface area contributed by atoms with E-state index >= 15 is 0 Å². The van der Waals surface area contributed by atoms with Gasteiger partial charge in [-0.15, -0.1) is 0 Å². The van der Waals surface area contributed by atoms with Crippen LogP contribution in [0.25, 0.3) is 0 Å². The van der Waals surface area contributed by atoms with Gasteiger partial charge in [-0.1, -0.05) is 13.8 Å². The maximum Gasteiger partial charge on any atom is 0.415 e. The number of rotatable bonds is 4. The lowest BCUT2D eigenvalue weighted by Crippen LogP contribution is -2.48. The van der Waals surface area contributed by atoms with Crippen LogP contribution in [-0.2, 0) is 17.8 Å². The van der Waals surface area contributed by atoms with Gasteiger partial charge in [0.05, 0.1) is 18.6 Å². The van der Waals surface area contributed by atoms with E-state index in [1.54, 1.807) is 17.4 Å². The zero-order valence-corrected chi connectivity index (χ0v) is 11.7. The second kappa shape index (κ2) is 6.13. The second-order valence-electron chi connectivity index (χ2n) is 5.57. The first-order valence-corrected chi connectivity index (χ1v) is 6.76. The number of nitrogens with zero attached hydrogens (tertiary/aromatic N) is 3. The van der Waals surface area contributed by atoms with Gasteiger partial charge in [-0.2, -0.15) is 13.2 Å². The van der Waals surface area contributed by atoms with E-state index in [0.29, 0.717) is 19.0 Å². The molecule has 1 atom stereocenters. The summed E-state index contributed by atoms with van der Waals surface area (Å²) in [5.41, 5.74) is 0.946. The van der Waals surface area contributed by atoms with Crippen LogP contribution in [0.2, 0.25) is 0 Å². The van der Waals surface area contributed by atoms with Crippen LogP contribution >= 0.6 is 0 Å². The lowest BCUT2D eigenvalue weighted by Gasteiger charge is -2.33. The predicted molar refractivity (Wildman–Crippen MR) is 68.1 cm³/mol. The molecule has 1 aromatic heterocycles. The van der Waals surface area contributed by atoms with E-state index in [2.05, 4.69) is 18.8 Å². The maximum atomic E-state index is 12.7. The van der Waals surface area contributed by atoms with Crippen LogP contribution in [0.15, 0.2) is 12.5 Å². The Kier molecular flexibility index (Phi) is 4.70. The molecule has 1 aliphatic heterocycles. The third kappa shape index (κ3) is 3.96. The molecule has 1 fully saturated rings. The van der Waals surface area contributed by atoms with Crippen molar-refractivity contribution in [2.45, 2.75) is 39.2 Å². The van der Waals surface area contributed by atoms with Crippen LogP contribution in [0.3, 0.4) is 0 Å². The van der Waals surface area contributed by atoms with Gasteiger partial charge in [0.1, 0.15) is 0 Å². The smallest absolute Gasteiger partial charge is 0.366 e. The highest BCUT2D eigenvalue weighted by Gasteiger charge is 2.43. The molecule has 0 amide bonds. The van der Waals surface area contributed by atoms with Crippen molar-refractivity contribution in [3.63, 3.8) is 0 Å². The Balaban J connectivity index is 1.98. The average molecular weight is 291 g/mol. The lowest BCUT2D eigenvalue weighted by atomic mass is 10.2. The molecule has 0 spiro atoms. The van der Waals surface area contributed by atoms with Gasteiger partial charge in [0, 0.05) is 32.4 Å². The first-order valence-electron chi connectivity index (χ1n) is 6.76. The molecule has 7 heteroatoms. The zero-order chi connectivity index (χ0) is 14.8. The summed E-state index contributed by atoms with van der Waals surface area (Å²) in [6, 6.07) is 0. The van der Waals surface area contributed by atoms with Crippen LogP contribution < -0.4 is 0 Å². The van der Waals surface area contributed by atoms with Gasteiger partial charge in [0.25, 0.3) is 0 Å². The standard InChI is InChI=1S/C13H20F3N3O/c1-10(2)6-19-9-17-5-11(19)7-18-3-4-20-12(8-18)13(14,15)16/h5,9-10,12H,3-4,6-8H2,1-2H3/t12-/m0/s1. The number of ether oxygens (including phenoxy) is 1. The van der Waals surface area contributed by atoms with Crippen LogP contribution in [0.5, 0.6) is 0 Å². The van der Waals surface area contributed by atoms with Gasteiger partial charge in [-0.05, 0) is 5.92 Å². The molecule has 0 saturated carbocycles. The monoisotopic (exact) mass is 291 g/mol. The summed E-state index contributed by atoms with van der Waals surface area (Å²) < 4.78 is 44.8. The molecule has 1 saturated heterocycles. The fraction of sp³-hybridized carbons (Fsp3) is 0.769. The summed E-state index contributed by atoms with van der Waals surface area (Å²) in [7, 11) is 0. The fourth-order valence-electron chi connectivity index (χ4n) is 2.31. The molecule has 0 N–H and O–H groups in total. The fourth-order valence-corrected chi connectivity index (χ4v) is 2.31. The summed E-state index contributed by atoms with van der Waals surface area (Å²) in [5.74, 6) is 0.468. The minimum absolute atomic E-state index is 0.114. The van der Waals surface area contributed by atoms with Gasteiger partial charge < -0.3 is 9.30 Å². The molecule has 1 aromatic rings. The van der Waals surface area contributed by atoms with Crippen molar-refractivity contribution >= 4 is 0 Å². The molecular formula is C13H20F3N3O. The van der Waals surface area contributed by atoms with Crippen LogP contribution in [-0.4, -0.2) is 46.4 Å². The number of morpholine rings is 1. The van der Waals surface area contributed by atoms with E-state index in [-0.39, 0.29) is 13.2 Å². The van der Waals surface area contributed by atoms with Gasteiger partial charge in [-0.3, -0.25) is 4.90 Å². The predicted octanol–water partition coefficient (Wildman–Crippen LogP) is 2.30. The zero-order valence-electron chi connectivity index (χ0n) is 11.7. The van der Waals surface area contributed by atoms with Crippen molar-refractivity contribution in [2.24, 2.45) is 5.92 Å². The van der Waals surface area contributed by atoms with Gasteiger partial charge in [0.2, 0.25) is 0 Å². The number of halogens is 3. The minimum Gasteiger partial charge on any atom is -0.366 e. The summed E-state index contributed by atoms with van der Waals surface area (Å²) in [6.07, 6.45) is -2.52. The Morgan fingerprint density at radius 1 is 1.45 bits per heavy atom. The van der Waals surface area contributed by atoms with Crippen LogP contribution in [0.4, 0.5) is 13.2 Å². The normalized spacial score (nSPS) is 21.6. The molecule has 0 radical (unpaired) electrons. The highest BCUT2D eigenvalue weighted by Crippen LogP contribution is 2.26. The Hall–Kier alpha value is -1.08. The second-order valence-corrected chi connectivity index (χ2v) is 5.57. The molecule has 2 rings (SSSR count). The van der Waals surface area contributed by atoms with E-state index in [9.17, 15) is 13.2 Å². The van der Waals surface area contributed by atoms with Crippen molar-refractivity contribution in [3.8, 4) is 0 Å². The average Bonchev–Trinajstić information content (AvgIpc) is 2.75. The van der Waals surface area contributed by atoms with Crippen LogP contribution in [0.1, 0.15) is 19.5 Å². The molecule has 0 aliphatic carbocycles. The Labute approximate surface area is 116 Å². The van der Waals surface area contributed by atoms with Crippen molar-refractivity contribution in [1.29, 1.82) is 0 Å². The topological polar surface area (TPSA) is 30.3 Å². The van der Waals surface area contributed by atoms with Crippen LogP contribution in [0, 0.1) is 5.92 Å². The molecule has 0 unspecified atom stereocenters. The quantitative estimate of drug-likeness (QED) is 0.853. The van der Waals surface area contributed by atoms with Gasteiger partial charge in [-0.25, -0.2) is 4.98 Å². The van der Waals surface area contributed by atoms with Gasteiger partial charge >= 0.3 is 6.18 Å².